The van der Waals surface area contributed by atoms with E-state index in [4.69, 9.17) is 0 Å². The molecule has 1 fully saturated rings. The number of anilines is 2. The van der Waals surface area contributed by atoms with E-state index in [9.17, 15) is 9.90 Å². The second kappa shape index (κ2) is 7.01. The van der Waals surface area contributed by atoms with Gasteiger partial charge >= 0.3 is 0 Å². The normalized spacial score (nSPS) is 20.7. The first-order valence-corrected chi connectivity index (χ1v) is 8.30. The highest BCUT2D eigenvalue weighted by Crippen LogP contribution is 2.22. The first-order chi connectivity index (χ1) is 11.5. The molecule has 24 heavy (non-hydrogen) atoms. The minimum absolute atomic E-state index is 0.176. The van der Waals surface area contributed by atoms with Gasteiger partial charge in [-0.3, -0.25) is 4.79 Å². The lowest BCUT2D eigenvalue weighted by atomic mass is 9.96. The van der Waals surface area contributed by atoms with Crippen molar-refractivity contribution in [3.05, 3.63) is 53.7 Å². The molecule has 2 aromatic rings. The van der Waals surface area contributed by atoms with Crippen LogP contribution in [0.5, 0.6) is 0 Å². The van der Waals surface area contributed by atoms with Crippen LogP contribution in [0.25, 0.3) is 0 Å². The molecule has 1 aliphatic heterocycles. The number of amides is 1. The number of hydrogen-bond donors (Lipinski definition) is 2. The molecule has 2 heterocycles. The Bertz CT molecular complexity index is 698. The van der Waals surface area contributed by atoms with Crippen molar-refractivity contribution in [3.8, 4) is 0 Å². The predicted octanol–water partition coefficient (Wildman–Crippen LogP) is 2.85. The summed E-state index contributed by atoms with van der Waals surface area (Å²) in [7, 11) is 0. The summed E-state index contributed by atoms with van der Waals surface area (Å²) in [5.41, 5.74) is 2.44. The van der Waals surface area contributed by atoms with Gasteiger partial charge in [-0.15, -0.1) is 0 Å². The van der Waals surface area contributed by atoms with Crippen LogP contribution < -0.4 is 10.2 Å². The van der Waals surface area contributed by atoms with E-state index in [1.54, 1.807) is 12.3 Å². The molecular formula is C19H23N3O2. The van der Waals surface area contributed by atoms with Crippen LogP contribution in [0, 0.1) is 12.8 Å². The smallest absolute Gasteiger partial charge is 0.257 e. The molecule has 1 aliphatic rings. The Morgan fingerprint density at radius 2 is 2.00 bits per heavy atom. The first kappa shape index (κ1) is 16.5. The summed E-state index contributed by atoms with van der Waals surface area (Å²) in [5, 5.41) is 12.9. The summed E-state index contributed by atoms with van der Waals surface area (Å²) in [6.07, 6.45) is 2.20. The molecule has 1 aromatic heterocycles. The summed E-state index contributed by atoms with van der Waals surface area (Å²) < 4.78 is 0. The van der Waals surface area contributed by atoms with E-state index in [1.807, 2.05) is 37.3 Å². The molecule has 1 aromatic carbocycles. The summed E-state index contributed by atoms with van der Waals surface area (Å²) in [4.78, 5) is 18.7. The number of hydrogen-bond acceptors (Lipinski definition) is 4. The number of piperidine rings is 1. The Balaban J connectivity index is 1.65. The lowest BCUT2D eigenvalue weighted by Crippen LogP contribution is -2.43. The first-order valence-electron chi connectivity index (χ1n) is 8.30. The quantitative estimate of drug-likeness (QED) is 0.911. The highest BCUT2D eigenvalue weighted by molar-refractivity contribution is 6.04. The maximum atomic E-state index is 12.3. The van der Waals surface area contributed by atoms with Gasteiger partial charge in [-0.1, -0.05) is 24.6 Å². The van der Waals surface area contributed by atoms with E-state index >= 15 is 0 Å². The van der Waals surface area contributed by atoms with Crippen molar-refractivity contribution in [1.82, 2.24) is 4.98 Å². The monoisotopic (exact) mass is 325 g/mol. The fraction of sp³-hybridized carbons (Fsp3) is 0.368. The number of carbonyl (C=O) groups excluding carboxylic acids is 1. The number of nitrogens with zero attached hydrogens (tertiary/aromatic N) is 2. The van der Waals surface area contributed by atoms with E-state index in [0.717, 1.165) is 30.0 Å². The molecule has 5 heteroatoms. The van der Waals surface area contributed by atoms with Gasteiger partial charge in [0, 0.05) is 25.0 Å². The SMILES string of the molecule is Cc1ccc(NC(=O)c2ccc(N3CCC(C)C(O)C3)nc2)cc1. The zero-order chi connectivity index (χ0) is 17.1. The number of pyridine rings is 1. The van der Waals surface area contributed by atoms with Crippen LogP contribution in [0.4, 0.5) is 11.5 Å². The second-order valence-corrected chi connectivity index (χ2v) is 6.50. The number of rotatable bonds is 3. The van der Waals surface area contributed by atoms with Crippen LogP contribution in [0.1, 0.15) is 29.3 Å². The van der Waals surface area contributed by atoms with Gasteiger partial charge in [-0.25, -0.2) is 4.98 Å². The molecule has 5 nitrogen and oxygen atoms in total. The lowest BCUT2D eigenvalue weighted by Gasteiger charge is -2.35. The Morgan fingerprint density at radius 1 is 1.25 bits per heavy atom. The molecule has 0 bridgehead atoms. The average Bonchev–Trinajstić information content (AvgIpc) is 2.59. The van der Waals surface area contributed by atoms with Gasteiger partial charge < -0.3 is 15.3 Å². The Hall–Kier alpha value is -2.40. The van der Waals surface area contributed by atoms with Gasteiger partial charge in [0.15, 0.2) is 0 Å². The standard InChI is InChI=1S/C19H23N3O2/c1-13-3-6-16(7-4-13)21-19(24)15-5-8-18(20-11-15)22-10-9-14(2)17(23)12-22/h3-8,11,14,17,23H,9-10,12H2,1-2H3,(H,21,24). The van der Waals surface area contributed by atoms with E-state index in [0.29, 0.717) is 18.0 Å². The minimum atomic E-state index is -0.329. The number of benzene rings is 1. The van der Waals surface area contributed by atoms with E-state index < -0.39 is 0 Å². The maximum Gasteiger partial charge on any atom is 0.257 e. The molecule has 0 saturated carbocycles. The number of β-amino-alcohol motifs (C(OH)–C–C–N with tert-alkyl or cyclic N) is 1. The Kier molecular flexibility index (Phi) is 4.81. The molecule has 0 radical (unpaired) electrons. The highest BCUT2D eigenvalue weighted by atomic mass is 16.3. The van der Waals surface area contributed by atoms with Crippen molar-refractivity contribution in [1.29, 1.82) is 0 Å². The number of aryl methyl sites for hydroxylation is 1. The summed E-state index contributed by atoms with van der Waals surface area (Å²) in [5.74, 6) is 0.943. The topological polar surface area (TPSA) is 65.5 Å². The minimum Gasteiger partial charge on any atom is -0.391 e. The van der Waals surface area contributed by atoms with Crippen molar-refractivity contribution >= 4 is 17.4 Å². The summed E-state index contributed by atoms with van der Waals surface area (Å²) in [6, 6.07) is 11.3. The number of carbonyl (C=O) groups is 1. The Morgan fingerprint density at radius 3 is 2.62 bits per heavy atom. The fourth-order valence-corrected chi connectivity index (χ4v) is 2.80. The van der Waals surface area contributed by atoms with Gasteiger partial charge in [-0.2, -0.15) is 0 Å². The molecule has 0 aliphatic carbocycles. The Labute approximate surface area is 142 Å². The van der Waals surface area contributed by atoms with Crippen LogP contribution in [-0.4, -0.2) is 35.2 Å². The molecule has 1 saturated heterocycles. The van der Waals surface area contributed by atoms with Crippen molar-refractivity contribution in [3.63, 3.8) is 0 Å². The van der Waals surface area contributed by atoms with Crippen molar-refractivity contribution in [2.45, 2.75) is 26.4 Å². The summed E-state index contributed by atoms with van der Waals surface area (Å²) >= 11 is 0. The van der Waals surface area contributed by atoms with E-state index in [-0.39, 0.29) is 12.0 Å². The maximum absolute atomic E-state index is 12.3. The fourth-order valence-electron chi connectivity index (χ4n) is 2.80. The van der Waals surface area contributed by atoms with E-state index in [2.05, 4.69) is 22.1 Å². The molecule has 126 valence electrons. The van der Waals surface area contributed by atoms with Gasteiger partial charge in [0.2, 0.25) is 0 Å². The zero-order valence-electron chi connectivity index (χ0n) is 14.1. The van der Waals surface area contributed by atoms with Crippen LogP contribution in [0.2, 0.25) is 0 Å². The van der Waals surface area contributed by atoms with Gasteiger partial charge in [0.05, 0.1) is 11.7 Å². The number of aromatic nitrogens is 1. The molecular weight excluding hydrogens is 302 g/mol. The summed E-state index contributed by atoms with van der Waals surface area (Å²) in [6.45, 7) is 5.53. The van der Waals surface area contributed by atoms with Crippen molar-refractivity contribution in [2.75, 3.05) is 23.3 Å². The largest absolute Gasteiger partial charge is 0.391 e. The molecule has 0 spiro atoms. The van der Waals surface area contributed by atoms with Crippen molar-refractivity contribution in [2.24, 2.45) is 5.92 Å². The third-order valence-corrected chi connectivity index (χ3v) is 4.56. The zero-order valence-corrected chi connectivity index (χ0v) is 14.1. The molecule has 2 atom stereocenters. The van der Waals surface area contributed by atoms with Crippen LogP contribution >= 0.6 is 0 Å². The van der Waals surface area contributed by atoms with Crippen molar-refractivity contribution < 1.29 is 9.90 Å². The third-order valence-electron chi connectivity index (χ3n) is 4.56. The lowest BCUT2D eigenvalue weighted by molar-refractivity contribution is 0.102. The highest BCUT2D eigenvalue weighted by Gasteiger charge is 2.25. The molecule has 2 unspecified atom stereocenters. The van der Waals surface area contributed by atoms with E-state index in [1.165, 1.54) is 0 Å². The molecule has 3 rings (SSSR count). The van der Waals surface area contributed by atoms with Gasteiger partial charge in [-0.05, 0) is 43.5 Å². The van der Waals surface area contributed by atoms with Gasteiger partial charge in [0.1, 0.15) is 5.82 Å². The number of aliphatic hydroxyl groups is 1. The average molecular weight is 325 g/mol. The number of aliphatic hydroxyl groups excluding tert-OH is 1. The number of nitrogens with one attached hydrogen (secondary N) is 1. The second-order valence-electron chi connectivity index (χ2n) is 6.50. The van der Waals surface area contributed by atoms with Gasteiger partial charge in [0.25, 0.3) is 5.91 Å². The van der Waals surface area contributed by atoms with Crippen LogP contribution in [-0.2, 0) is 0 Å². The molecule has 2 N–H and O–H groups in total. The third kappa shape index (κ3) is 3.74. The van der Waals surface area contributed by atoms with Crippen LogP contribution in [0.15, 0.2) is 42.6 Å². The molecule has 1 amide bonds. The van der Waals surface area contributed by atoms with Crippen LogP contribution in [0.3, 0.4) is 0 Å². The predicted molar refractivity (Wildman–Crippen MR) is 95.4 cm³/mol.